The summed E-state index contributed by atoms with van der Waals surface area (Å²) in [4.78, 5) is 15.3. The average Bonchev–Trinajstić information content (AvgIpc) is 3.00. The first kappa shape index (κ1) is 18.8. The number of carbonyl (C=O) groups is 1. The molecule has 0 atom stereocenters. The Bertz CT molecular complexity index is 820. The fourth-order valence-electron chi connectivity index (χ4n) is 2.84. The molecule has 1 saturated heterocycles. The van der Waals surface area contributed by atoms with Gasteiger partial charge >= 0.3 is 13.2 Å². The van der Waals surface area contributed by atoms with Gasteiger partial charge in [-0.25, -0.2) is 4.79 Å². The molecule has 2 heterocycles. The summed E-state index contributed by atoms with van der Waals surface area (Å²) >= 11 is 0. The first-order valence-corrected chi connectivity index (χ1v) is 8.85. The quantitative estimate of drug-likeness (QED) is 0.808. The molecule has 2 aromatic rings. The summed E-state index contributed by atoms with van der Waals surface area (Å²) in [7, 11) is -0.487. The highest BCUT2D eigenvalue weighted by Crippen LogP contribution is 2.37. The van der Waals surface area contributed by atoms with Crippen LogP contribution in [0.2, 0.25) is 0 Å². The van der Waals surface area contributed by atoms with Crippen molar-refractivity contribution in [2.45, 2.75) is 65.2 Å². The molecular formula is C19H27BN2O4. The second-order valence-corrected chi connectivity index (χ2v) is 8.77. The van der Waals surface area contributed by atoms with E-state index in [1.165, 1.54) is 0 Å². The molecule has 1 aromatic carbocycles. The number of ether oxygens (including phenoxy) is 1. The minimum absolute atomic E-state index is 0.364. The Hall–Kier alpha value is -1.99. The van der Waals surface area contributed by atoms with Gasteiger partial charge in [0.15, 0.2) is 0 Å². The fraction of sp³-hybridized carbons (Fsp3) is 0.526. The van der Waals surface area contributed by atoms with Gasteiger partial charge in [-0.2, -0.15) is 0 Å². The Labute approximate surface area is 154 Å². The van der Waals surface area contributed by atoms with Crippen LogP contribution in [0, 0.1) is 0 Å². The molecule has 2 N–H and O–H groups in total. The Balaban J connectivity index is 1.90. The number of H-pyrrole nitrogens is 1. The number of nitrogens with one attached hydrogen (secondary N) is 2. The fourth-order valence-corrected chi connectivity index (χ4v) is 2.84. The molecule has 1 amide bonds. The molecule has 0 bridgehead atoms. The Morgan fingerprint density at radius 2 is 1.73 bits per heavy atom. The number of benzene rings is 1. The monoisotopic (exact) mass is 358 g/mol. The number of fused-ring (bicyclic) bond motifs is 1. The molecule has 140 valence electrons. The molecule has 1 aliphatic heterocycles. The third kappa shape index (κ3) is 3.46. The summed E-state index contributed by atoms with van der Waals surface area (Å²) in [5.74, 6) is 0.489. The standard InChI is InChI=1S/C19H27BN2O4/c1-17(2,3)22-16(23)24-14-9-8-13(15-12(14)10-11-21-15)20-25-18(4,5)19(6,7)26-20/h8-11,21H,1-7H3,(H,22,23). The maximum atomic E-state index is 12.1. The molecular weight excluding hydrogens is 331 g/mol. The molecule has 7 heteroatoms. The smallest absolute Gasteiger partial charge is 0.410 e. The maximum Gasteiger partial charge on any atom is 0.497 e. The van der Waals surface area contributed by atoms with Crippen molar-refractivity contribution >= 4 is 29.6 Å². The number of hydrogen-bond acceptors (Lipinski definition) is 4. The van der Waals surface area contributed by atoms with E-state index in [4.69, 9.17) is 14.0 Å². The lowest BCUT2D eigenvalue weighted by atomic mass is 9.78. The van der Waals surface area contributed by atoms with Gasteiger partial charge < -0.3 is 24.3 Å². The van der Waals surface area contributed by atoms with Gasteiger partial charge in [-0.05, 0) is 60.6 Å². The Kier molecular flexibility index (Phi) is 4.36. The van der Waals surface area contributed by atoms with E-state index >= 15 is 0 Å². The largest absolute Gasteiger partial charge is 0.497 e. The predicted molar refractivity (Wildman–Crippen MR) is 103 cm³/mol. The summed E-state index contributed by atoms with van der Waals surface area (Å²) in [6.07, 6.45) is 1.33. The zero-order valence-corrected chi connectivity index (χ0v) is 16.5. The van der Waals surface area contributed by atoms with E-state index in [9.17, 15) is 4.79 Å². The van der Waals surface area contributed by atoms with Gasteiger partial charge in [0.1, 0.15) is 5.75 Å². The van der Waals surface area contributed by atoms with E-state index in [1.54, 1.807) is 6.07 Å². The molecule has 3 rings (SSSR count). The molecule has 26 heavy (non-hydrogen) atoms. The molecule has 6 nitrogen and oxygen atoms in total. The van der Waals surface area contributed by atoms with Crippen LogP contribution in [0.25, 0.3) is 10.9 Å². The molecule has 1 aromatic heterocycles. The molecule has 0 radical (unpaired) electrons. The van der Waals surface area contributed by atoms with Crippen molar-refractivity contribution in [3.63, 3.8) is 0 Å². The lowest BCUT2D eigenvalue weighted by Crippen LogP contribution is -2.42. The van der Waals surface area contributed by atoms with E-state index in [-0.39, 0.29) is 5.54 Å². The van der Waals surface area contributed by atoms with Crippen LogP contribution in [0.5, 0.6) is 5.75 Å². The van der Waals surface area contributed by atoms with E-state index in [1.807, 2.05) is 66.8 Å². The van der Waals surface area contributed by atoms with E-state index in [2.05, 4.69) is 10.3 Å². The van der Waals surface area contributed by atoms with Gasteiger partial charge in [0, 0.05) is 28.1 Å². The van der Waals surface area contributed by atoms with Crippen LogP contribution in [0.15, 0.2) is 24.4 Å². The van der Waals surface area contributed by atoms with Crippen LogP contribution in [0.4, 0.5) is 4.79 Å². The normalized spacial score (nSPS) is 19.0. The molecule has 0 saturated carbocycles. The van der Waals surface area contributed by atoms with Crippen LogP contribution in [-0.2, 0) is 9.31 Å². The number of rotatable bonds is 2. The van der Waals surface area contributed by atoms with Gasteiger partial charge in [-0.1, -0.05) is 6.07 Å². The average molecular weight is 358 g/mol. The number of carbonyl (C=O) groups excluding carboxylic acids is 1. The Morgan fingerprint density at radius 1 is 1.12 bits per heavy atom. The van der Waals surface area contributed by atoms with Crippen molar-refractivity contribution in [2.75, 3.05) is 0 Å². The summed E-state index contributed by atoms with van der Waals surface area (Å²) in [5.41, 5.74) is 0.519. The van der Waals surface area contributed by atoms with Crippen LogP contribution in [-0.4, -0.2) is 34.9 Å². The topological polar surface area (TPSA) is 72.6 Å². The predicted octanol–water partition coefficient (Wildman–Crippen LogP) is 3.35. The third-order valence-corrected chi connectivity index (χ3v) is 4.90. The SMILES string of the molecule is CC(C)(C)NC(=O)Oc1ccc(B2OC(C)(C)C(C)(C)O2)c2[nH]ccc12. The highest BCUT2D eigenvalue weighted by Gasteiger charge is 2.52. The molecule has 1 fully saturated rings. The summed E-state index contributed by atoms with van der Waals surface area (Å²) in [6, 6.07) is 5.53. The van der Waals surface area contributed by atoms with Crippen molar-refractivity contribution < 1.29 is 18.8 Å². The number of amides is 1. The van der Waals surface area contributed by atoms with Crippen LogP contribution >= 0.6 is 0 Å². The van der Waals surface area contributed by atoms with Gasteiger partial charge in [0.2, 0.25) is 0 Å². The summed E-state index contributed by atoms with van der Waals surface area (Å²) in [5, 5.41) is 3.60. The molecule has 0 aliphatic carbocycles. The van der Waals surface area contributed by atoms with E-state index < -0.39 is 24.4 Å². The first-order valence-electron chi connectivity index (χ1n) is 8.85. The minimum Gasteiger partial charge on any atom is -0.410 e. The second kappa shape index (κ2) is 6.03. The van der Waals surface area contributed by atoms with Crippen molar-refractivity contribution in [1.82, 2.24) is 10.3 Å². The van der Waals surface area contributed by atoms with Crippen LogP contribution in [0.1, 0.15) is 48.5 Å². The summed E-state index contributed by atoms with van der Waals surface area (Å²) < 4.78 is 17.8. The van der Waals surface area contributed by atoms with Crippen molar-refractivity contribution in [2.24, 2.45) is 0 Å². The first-order chi connectivity index (χ1) is 11.9. The lowest BCUT2D eigenvalue weighted by Gasteiger charge is -2.32. The Morgan fingerprint density at radius 3 is 2.31 bits per heavy atom. The second-order valence-electron chi connectivity index (χ2n) is 8.77. The maximum absolute atomic E-state index is 12.1. The van der Waals surface area contributed by atoms with Crippen LogP contribution in [0.3, 0.4) is 0 Å². The van der Waals surface area contributed by atoms with E-state index in [0.717, 1.165) is 16.4 Å². The van der Waals surface area contributed by atoms with Crippen molar-refractivity contribution in [1.29, 1.82) is 0 Å². The molecule has 0 unspecified atom stereocenters. The lowest BCUT2D eigenvalue weighted by molar-refractivity contribution is 0.00578. The molecule has 1 aliphatic rings. The van der Waals surface area contributed by atoms with Gasteiger partial charge in [0.05, 0.1) is 11.2 Å². The highest BCUT2D eigenvalue weighted by atomic mass is 16.7. The van der Waals surface area contributed by atoms with Crippen molar-refractivity contribution in [3.05, 3.63) is 24.4 Å². The minimum atomic E-state index is -0.487. The number of aromatic nitrogens is 1. The number of aromatic amines is 1. The van der Waals surface area contributed by atoms with Gasteiger partial charge in [-0.3, -0.25) is 0 Å². The van der Waals surface area contributed by atoms with E-state index in [0.29, 0.717) is 5.75 Å². The highest BCUT2D eigenvalue weighted by molar-refractivity contribution is 6.65. The van der Waals surface area contributed by atoms with Crippen LogP contribution < -0.4 is 15.5 Å². The van der Waals surface area contributed by atoms with Gasteiger partial charge in [-0.15, -0.1) is 0 Å². The zero-order chi connectivity index (χ0) is 19.3. The summed E-state index contributed by atoms with van der Waals surface area (Å²) in [6.45, 7) is 13.8. The molecule has 0 spiro atoms. The van der Waals surface area contributed by atoms with Crippen molar-refractivity contribution in [3.8, 4) is 5.75 Å². The van der Waals surface area contributed by atoms with Gasteiger partial charge in [0.25, 0.3) is 0 Å². The third-order valence-electron chi connectivity index (χ3n) is 4.90. The zero-order valence-electron chi connectivity index (χ0n) is 16.5. The number of hydrogen-bond donors (Lipinski definition) is 2.